The lowest BCUT2D eigenvalue weighted by molar-refractivity contribution is 0.0581. The van der Waals surface area contributed by atoms with Gasteiger partial charge in [0.2, 0.25) is 0 Å². The molecule has 76 valence electrons. The number of aryl methyl sites for hydroxylation is 1. The van der Waals surface area contributed by atoms with Crippen molar-refractivity contribution in [3.05, 3.63) is 29.3 Å². The molecule has 1 aliphatic heterocycles. The minimum atomic E-state index is -0.697. The standard InChI is InChI=1S/C11H16N2O/c1-8-6-9(12)2-3-10(8)11(14)4-5-13-7-11/h2-3,6,13-14H,4-5,7,12H2,1H3. The van der Waals surface area contributed by atoms with Gasteiger partial charge < -0.3 is 16.2 Å². The van der Waals surface area contributed by atoms with E-state index in [1.54, 1.807) is 0 Å². The van der Waals surface area contributed by atoms with Gasteiger partial charge in [-0.25, -0.2) is 0 Å². The minimum absolute atomic E-state index is 0.637. The van der Waals surface area contributed by atoms with Crippen molar-refractivity contribution < 1.29 is 5.11 Å². The molecule has 1 aliphatic rings. The summed E-state index contributed by atoms with van der Waals surface area (Å²) in [5.41, 5.74) is 7.79. The highest BCUT2D eigenvalue weighted by atomic mass is 16.3. The fourth-order valence-electron chi connectivity index (χ4n) is 2.12. The van der Waals surface area contributed by atoms with Crippen LogP contribution in [0.25, 0.3) is 0 Å². The number of nitrogens with two attached hydrogens (primary N) is 1. The van der Waals surface area contributed by atoms with Gasteiger partial charge in [0.1, 0.15) is 5.60 Å². The van der Waals surface area contributed by atoms with E-state index < -0.39 is 5.60 Å². The molecule has 0 saturated carbocycles. The van der Waals surface area contributed by atoms with E-state index in [4.69, 9.17) is 5.73 Å². The zero-order valence-corrected chi connectivity index (χ0v) is 8.38. The van der Waals surface area contributed by atoms with E-state index in [2.05, 4.69) is 5.32 Å². The summed E-state index contributed by atoms with van der Waals surface area (Å²) in [5, 5.41) is 13.5. The number of rotatable bonds is 1. The molecule has 4 N–H and O–H groups in total. The second-order valence-corrected chi connectivity index (χ2v) is 4.03. The molecule has 1 atom stereocenters. The fourth-order valence-corrected chi connectivity index (χ4v) is 2.12. The maximum atomic E-state index is 10.3. The molecule has 0 bridgehead atoms. The lowest BCUT2D eigenvalue weighted by Crippen LogP contribution is -2.29. The molecule has 1 aromatic rings. The van der Waals surface area contributed by atoms with Gasteiger partial charge in [0, 0.05) is 12.2 Å². The second kappa shape index (κ2) is 3.26. The smallest absolute Gasteiger partial charge is 0.103 e. The molecule has 3 heteroatoms. The van der Waals surface area contributed by atoms with Crippen LogP contribution in [0.5, 0.6) is 0 Å². The van der Waals surface area contributed by atoms with Crippen LogP contribution < -0.4 is 11.1 Å². The van der Waals surface area contributed by atoms with Gasteiger partial charge in [-0.3, -0.25) is 0 Å². The first kappa shape index (κ1) is 9.49. The van der Waals surface area contributed by atoms with Gasteiger partial charge in [-0.2, -0.15) is 0 Å². The van der Waals surface area contributed by atoms with Crippen LogP contribution in [0.1, 0.15) is 17.5 Å². The van der Waals surface area contributed by atoms with Crippen LogP contribution in [0.2, 0.25) is 0 Å². The summed E-state index contributed by atoms with van der Waals surface area (Å²) in [5.74, 6) is 0. The molecule has 14 heavy (non-hydrogen) atoms. The van der Waals surface area contributed by atoms with Gasteiger partial charge in [-0.05, 0) is 43.1 Å². The van der Waals surface area contributed by atoms with Gasteiger partial charge in [-0.1, -0.05) is 6.07 Å². The lowest BCUT2D eigenvalue weighted by Gasteiger charge is -2.24. The third-order valence-corrected chi connectivity index (χ3v) is 2.88. The molecule has 3 nitrogen and oxygen atoms in total. The van der Waals surface area contributed by atoms with Crippen molar-refractivity contribution >= 4 is 5.69 Å². The largest absolute Gasteiger partial charge is 0.399 e. The van der Waals surface area contributed by atoms with Gasteiger partial charge >= 0.3 is 0 Å². The molecular weight excluding hydrogens is 176 g/mol. The predicted molar refractivity (Wildman–Crippen MR) is 57.0 cm³/mol. The monoisotopic (exact) mass is 192 g/mol. The Hall–Kier alpha value is -1.06. The summed E-state index contributed by atoms with van der Waals surface area (Å²) >= 11 is 0. The second-order valence-electron chi connectivity index (χ2n) is 4.03. The first-order valence-electron chi connectivity index (χ1n) is 4.91. The number of hydrogen-bond donors (Lipinski definition) is 3. The Morgan fingerprint density at radius 1 is 1.50 bits per heavy atom. The Balaban J connectivity index is 2.40. The Morgan fingerprint density at radius 3 is 2.86 bits per heavy atom. The highest BCUT2D eigenvalue weighted by molar-refractivity contribution is 5.46. The highest BCUT2D eigenvalue weighted by Crippen LogP contribution is 2.30. The fraction of sp³-hybridized carbons (Fsp3) is 0.455. The van der Waals surface area contributed by atoms with Crippen LogP contribution >= 0.6 is 0 Å². The summed E-state index contributed by atoms with van der Waals surface area (Å²) in [7, 11) is 0. The normalized spacial score (nSPS) is 26.7. The Morgan fingerprint density at radius 2 is 2.29 bits per heavy atom. The van der Waals surface area contributed by atoms with E-state index in [1.807, 2.05) is 25.1 Å². The zero-order chi connectivity index (χ0) is 10.2. The number of aliphatic hydroxyl groups is 1. The third kappa shape index (κ3) is 1.49. The number of anilines is 1. The van der Waals surface area contributed by atoms with E-state index in [1.165, 1.54) is 0 Å². The molecule has 0 amide bonds. The van der Waals surface area contributed by atoms with Crippen LogP contribution in [-0.2, 0) is 5.60 Å². The Bertz CT molecular complexity index is 343. The molecule has 2 rings (SSSR count). The number of β-amino-alcohol motifs (C(OH)–C–C–N with tert-alkyl or cyclic N) is 1. The number of nitrogen functional groups attached to an aromatic ring is 1. The number of nitrogens with one attached hydrogen (secondary N) is 1. The number of benzene rings is 1. The summed E-state index contributed by atoms with van der Waals surface area (Å²) in [6.45, 7) is 3.50. The first-order chi connectivity index (χ1) is 6.62. The first-order valence-corrected chi connectivity index (χ1v) is 4.91. The van der Waals surface area contributed by atoms with E-state index in [0.717, 1.165) is 29.8 Å². The maximum absolute atomic E-state index is 10.3. The van der Waals surface area contributed by atoms with E-state index in [0.29, 0.717) is 6.54 Å². The number of hydrogen-bond acceptors (Lipinski definition) is 3. The molecule has 1 fully saturated rings. The Kier molecular flexibility index (Phi) is 2.21. The van der Waals surface area contributed by atoms with E-state index in [9.17, 15) is 5.11 Å². The molecule has 1 aromatic carbocycles. The van der Waals surface area contributed by atoms with Crippen molar-refractivity contribution in [3.63, 3.8) is 0 Å². The topological polar surface area (TPSA) is 58.3 Å². The summed E-state index contributed by atoms with van der Waals surface area (Å²) < 4.78 is 0. The van der Waals surface area contributed by atoms with Crippen molar-refractivity contribution in [1.29, 1.82) is 0 Å². The molecule has 1 saturated heterocycles. The predicted octanol–water partition coefficient (Wildman–Crippen LogP) is 0.758. The van der Waals surface area contributed by atoms with Gasteiger partial charge in [0.25, 0.3) is 0 Å². The van der Waals surface area contributed by atoms with Crippen LogP contribution in [0.15, 0.2) is 18.2 Å². The molecule has 0 aliphatic carbocycles. The summed E-state index contributed by atoms with van der Waals surface area (Å²) in [4.78, 5) is 0. The zero-order valence-electron chi connectivity index (χ0n) is 8.38. The maximum Gasteiger partial charge on any atom is 0.103 e. The van der Waals surface area contributed by atoms with Crippen LogP contribution in [0, 0.1) is 6.92 Å². The average Bonchev–Trinajstić information content (AvgIpc) is 2.52. The van der Waals surface area contributed by atoms with Crippen molar-refractivity contribution in [2.75, 3.05) is 18.8 Å². The van der Waals surface area contributed by atoms with Crippen molar-refractivity contribution in [1.82, 2.24) is 5.32 Å². The Labute approximate surface area is 83.9 Å². The third-order valence-electron chi connectivity index (χ3n) is 2.88. The van der Waals surface area contributed by atoms with Crippen LogP contribution in [0.3, 0.4) is 0 Å². The van der Waals surface area contributed by atoms with Gasteiger partial charge in [0.05, 0.1) is 0 Å². The molecule has 0 aromatic heterocycles. The van der Waals surface area contributed by atoms with Gasteiger partial charge in [-0.15, -0.1) is 0 Å². The average molecular weight is 192 g/mol. The quantitative estimate of drug-likeness (QED) is 0.576. The molecule has 0 radical (unpaired) electrons. The minimum Gasteiger partial charge on any atom is -0.399 e. The van der Waals surface area contributed by atoms with Crippen molar-refractivity contribution in [3.8, 4) is 0 Å². The van der Waals surface area contributed by atoms with Crippen LogP contribution in [-0.4, -0.2) is 18.2 Å². The van der Waals surface area contributed by atoms with E-state index in [-0.39, 0.29) is 0 Å². The molecule has 1 unspecified atom stereocenters. The highest BCUT2D eigenvalue weighted by Gasteiger charge is 2.33. The van der Waals surface area contributed by atoms with Crippen LogP contribution in [0.4, 0.5) is 5.69 Å². The van der Waals surface area contributed by atoms with E-state index >= 15 is 0 Å². The summed E-state index contributed by atoms with van der Waals surface area (Å²) in [6, 6.07) is 5.68. The van der Waals surface area contributed by atoms with Gasteiger partial charge in [0.15, 0.2) is 0 Å². The van der Waals surface area contributed by atoms with Crippen molar-refractivity contribution in [2.24, 2.45) is 0 Å². The molecule has 1 heterocycles. The molecule has 0 spiro atoms. The summed E-state index contributed by atoms with van der Waals surface area (Å²) in [6.07, 6.45) is 0.776. The SMILES string of the molecule is Cc1cc(N)ccc1C1(O)CCNC1. The van der Waals surface area contributed by atoms with Crippen molar-refractivity contribution in [2.45, 2.75) is 18.9 Å². The molecular formula is C11H16N2O. The lowest BCUT2D eigenvalue weighted by atomic mass is 9.89.